The maximum Gasteiger partial charge on any atom is 0.329 e. The molecule has 0 aliphatic carbocycles. The van der Waals surface area contributed by atoms with Crippen molar-refractivity contribution in [3.63, 3.8) is 0 Å². The average molecular weight is 284 g/mol. The van der Waals surface area contributed by atoms with E-state index in [0.717, 1.165) is 11.8 Å². The molecule has 2 heterocycles. The molecule has 0 bridgehead atoms. The number of aryl methyl sites for hydroxylation is 2. The van der Waals surface area contributed by atoms with Gasteiger partial charge in [-0.3, -0.25) is 10.1 Å². The lowest BCUT2D eigenvalue weighted by Crippen LogP contribution is -2.06. The largest absolute Gasteiger partial charge is 0.361 e. The predicted molar refractivity (Wildman–Crippen MR) is 67.0 cm³/mol. The van der Waals surface area contributed by atoms with Crippen molar-refractivity contribution in [1.29, 1.82) is 0 Å². The first-order valence-electron chi connectivity index (χ1n) is 5.31. The minimum Gasteiger partial charge on any atom is -0.361 e. The predicted octanol–water partition coefficient (Wildman–Crippen LogP) is 2.26. The summed E-state index contributed by atoms with van der Waals surface area (Å²) in [5, 5.41) is 17.4. The van der Waals surface area contributed by atoms with E-state index in [-0.39, 0.29) is 16.8 Å². The van der Waals surface area contributed by atoms with Gasteiger partial charge in [0.05, 0.1) is 10.6 Å². The van der Waals surface area contributed by atoms with E-state index >= 15 is 0 Å². The van der Waals surface area contributed by atoms with E-state index in [1.54, 1.807) is 13.8 Å². The summed E-state index contributed by atoms with van der Waals surface area (Å²) in [6.07, 6.45) is 1.06. The normalized spacial score (nSPS) is 10.5. The summed E-state index contributed by atoms with van der Waals surface area (Å²) in [4.78, 5) is 17.6. The second-order valence-electron chi connectivity index (χ2n) is 3.79. The smallest absolute Gasteiger partial charge is 0.329 e. The third-order valence-electron chi connectivity index (χ3n) is 2.55. The van der Waals surface area contributed by atoms with E-state index in [0.29, 0.717) is 18.0 Å². The molecule has 8 nitrogen and oxygen atoms in total. The zero-order chi connectivity index (χ0) is 14.0. The molecule has 2 rings (SSSR count). The second-order valence-corrected chi connectivity index (χ2v) is 4.12. The molecule has 19 heavy (non-hydrogen) atoms. The van der Waals surface area contributed by atoms with Gasteiger partial charge in [-0.15, -0.1) is 0 Å². The molecule has 0 amide bonds. The van der Waals surface area contributed by atoms with Gasteiger partial charge in [-0.25, -0.2) is 4.98 Å². The van der Waals surface area contributed by atoms with E-state index in [1.807, 2.05) is 0 Å². The van der Waals surface area contributed by atoms with Gasteiger partial charge in [0.15, 0.2) is 0 Å². The first-order chi connectivity index (χ1) is 8.99. The zero-order valence-electron chi connectivity index (χ0n) is 10.2. The third-order valence-corrected chi connectivity index (χ3v) is 2.73. The van der Waals surface area contributed by atoms with Crippen molar-refractivity contribution in [2.45, 2.75) is 20.4 Å². The summed E-state index contributed by atoms with van der Waals surface area (Å²) in [5.41, 5.74) is 1.30. The van der Waals surface area contributed by atoms with Crippen LogP contribution in [-0.4, -0.2) is 20.0 Å². The average Bonchev–Trinajstić information content (AvgIpc) is 2.66. The molecule has 100 valence electrons. The number of nitrogens with zero attached hydrogens (tertiary/aromatic N) is 4. The second kappa shape index (κ2) is 5.19. The summed E-state index contributed by atoms with van der Waals surface area (Å²) >= 11 is 5.63. The van der Waals surface area contributed by atoms with Gasteiger partial charge in [0.2, 0.25) is 11.1 Å². The Morgan fingerprint density at radius 2 is 2.26 bits per heavy atom. The molecule has 0 saturated heterocycles. The summed E-state index contributed by atoms with van der Waals surface area (Å²) in [6.45, 7) is 3.85. The SMILES string of the molecule is Cc1noc(C)c1CNc1nc(Cl)ncc1[N+](=O)[O-]. The highest BCUT2D eigenvalue weighted by atomic mass is 35.5. The third kappa shape index (κ3) is 2.79. The maximum atomic E-state index is 10.8. The van der Waals surface area contributed by atoms with Gasteiger partial charge >= 0.3 is 5.69 Å². The fraction of sp³-hybridized carbons (Fsp3) is 0.300. The minimum atomic E-state index is -0.577. The Hall–Kier alpha value is -2.22. The number of hydrogen-bond acceptors (Lipinski definition) is 7. The number of rotatable bonds is 4. The van der Waals surface area contributed by atoms with E-state index in [2.05, 4.69) is 20.4 Å². The van der Waals surface area contributed by atoms with E-state index in [9.17, 15) is 10.1 Å². The fourth-order valence-electron chi connectivity index (χ4n) is 1.54. The molecule has 0 saturated carbocycles. The van der Waals surface area contributed by atoms with Gasteiger partial charge in [0, 0.05) is 12.1 Å². The molecule has 2 aromatic heterocycles. The van der Waals surface area contributed by atoms with Crippen molar-refractivity contribution in [3.8, 4) is 0 Å². The monoisotopic (exact) mass is 283 g/mol. The number of anilines is 1. The number of hydrogen-bond donors (Lipinski definition) is 1. The van der Waals surface area contributed by atoms with Crippen LogP contribution in [0.25, 0.3) is 0 Å². The van der Waals surface area contributed by atoms with Crippen molar-refractivity contribution >= 4 is 23.1 Å². The molecule has 0 fully saturated rings. The quantitative estimate of drug-likeness (QED) is 0.521. The molecule has 9 heteroatoms. The van der Waals surface area contributed by atoms with E-state index < -0.39 is 4.92 Å². The van der Waals surface area contributed by atoms with Crippen LogP contribution in [0.1, 0.15) is 17.0 Å². The first-order valence-corrected chi connectivity index (χ1v) is 5.69. The number of nitrogens with one attached hydrogen (secondary N) is 1. The maximum absolute atomic E-state index is 10.8. The van der Waals surface area contributed by atoms with Gasteiger partial charge in [-0.1, -0.05) is 5.16 Å². The van der Waals surface area contributed by atoms with Crippen LogP contribution in [0.4, 0.5) is 11.5 Å². The molecule has 0 unspecified atom stereocenters. The molecular formula is C10H10ClN5O3. The van der Waals surface area contributed by atoms with E-state index in [4.69, 9.17) is 16.1 Å². The van der Waals surface area contributed by atoms with E-state index in [1.165, 1.54) is 0 Å². The standard InChI is InChI=1S/C10H10ClN5O3/c1-5-7(6(2)19-15-5)3-12-9-8(16(17)18)4-13-10(11)14-9/h4H,3H2,1-2H3,(H,12,13,14). The van der Waals surface area contributed by atoms with Crippen molar-refractivity contribution in [2.24, 2.45) is 0 Å². The first kappa shape index (κ1) is 13.2. The van der Waals surface area contributed by atoms with Crippen LogP contribution in [0.3, 0.4) is 0 Å². The van der Waals surface area contributed by atoms with Gasteiger partial charge in [0.25, 0.3) is 0 Å². The molecule has 1 N–H and O–H groups in total. The van der Waals surface area contributed by atoms with Crippen molar-refractivity contribution in [2.75, 3.05) is 5.32 Å². The highest BCUT2D eigenvalue weighted by molar-refractivity contribution is 6.28. The van der Waals surface area contributed by atoms with Gasteiger partial charge in [0.1, 0.15) is 12.0 Å². The number of aromatic nitrogens is 3. The molecule has 2 aromatic rings. The lowest BCUT2D eigenvalue weighted by Gasteiger charge is -2.05. The Bertz CT molecular complexity index is 608. The van der Waals surface area contributed by atoms with Gasteiger partial charge in [-0.2, -0.15) is 4.98 Å². The molecule has 0 atom stereocenters. The summed E-state index contributed by atoms with van der Waals surface area (Å²) in [6, 6.07) is 0. The van der Waals surface area contributed by atoms with Gasteiger partial charge < -0.3 is 9.84 Å². The molecule has 0 aliphatic rings. The zero-order valence-corrected chi connectivity index (χ0v) is 10.9. The molecular weight excluding hydrogens is 274 g/mol. The van der Waals surface area contributed by atoms with Crippen LogP contribution in [-0.2, 0) is 6.54 Å². The van der Waals surface area contributed by atoms with Crippen LogP contribution in [0.5, 0.6) is 0 Å². The molecule has 0 aromatic carbocycles. The Kier molecular flexibility index (Phi) is 3.61. The van der Waals surface area contributed by atoms with Crippen molar-refractivity contribution < 1.29 is 9.45 Å². The highest BCUT2D eigenvalue weighted by Crippen LogP contribution is 2.23. The Morgan fingerprint density at radius 3 is 2.84 bits per heavy atom. The number of nitro groups is 1. The van der Waals surface area contributed by atoms with Gasteiger partial charge in [-0.05, 0) is 25.4 Å². The van der Waals surface area contributed by atoms with Crippen molar-refractivity contribution in [3.05, 3.63) is 38.6 Å². The summed E-state index contributed by atoms with van der Waals surface area (Å²) in [7, 11) is 0. The van der Waals surface area contributed by atoms with Crippen LogP contribution < -0.4 is 5.32 Å². The Balaban J connectivity index is 2.24. The lowest BCUT2D eigenvalue weighted by molar-refractivity contribution is -0.384. The summed E-state index contributed by atoms with van der Waals surface area (Å²) < 4.78 is 5.00. The van der Waals surface area contributed by atoms with Crippen LogP contribution in [0, 0.1) is 24.0 Å². The number of halogens is 1. The lowest BCUT2D eigenvalue weighted by atomic mass is 10.2. The topological polar surface area (TPSA) is 107 Å². The minimum absolute atomic E-state index is 0.0602. The van der Waals surface area contributed by atoms with Crippen LogP contribution in [0.15, 0.2) is 10.7 Å². The highest BCUT2D eigenvalue weighted by Gasteiger charge is 2.18. The fourth-order valence-corrected chi connectivity index (χ4v) is 1.68. The van der Waals surface area contributed by atoms with Crippen molar-refractivity contribution in [1.82, 2.24) is 15.1 Å². The summed E-state index contributed by atoms with van der Waals surface area (Å²) in [5.74, 6) is 0.706. The molecule has 0 aliphatic heterocycles. The van der Waals surface area contributed by atoms with Crippen LogP contribution >= 0.6 is 11.6 Å². The Labute approximate surface area is 112 Å². The Morgan fingerprint density at radius 1 is 1.53 bits per heavy atom. The molecule has 0 spiro atoms. The molecule has 0 radical (unpaired) electrons. The van der Waals surface area contributed by atoms with Crippen LogP contribution in [0.2, 0.25) is 5.28 Å².